The van der Waals surface area contributed by atoms with Crippen molar-refractivity contribution in [1.82, 2.24) is 14.8 Å². The summed E-state index contributed by atoms with van der Waals surface area (Å²) in [6.45, 7) is 3.78. The second-order valence-corrected chi connectivity index (χ2v) is 9.88. The van der Waals surface area contributed by atoms with Gasteiger partial charge in [0.1, 0.15) is 30.8 Å². The predicted molar refractivity (Wildman–Crippen MR) is 145 cm³/mol. The number of ether oxygens (including phenoxy) is 2. The molecule has 38 heavy (non-hydrogen) atoms. The summed E-state index contributed by atoms with van der Waals surface area (Å²) in [6.07, 6.45) is 1.12. The lowest BCUT2D eigenvalue weighted by molar-refractivity contribution is -0.133. The largest absolute Gasteiger partial charge is 0.490 e. The molecule has 7 nitrogen and oxygen atoms in total. The van der Waals surface area contributed by atoms with Crippen LogP contribution in [0.1, 0.15) is 22.6 Å². The number of pyridine rings is 1. The van der Waals surface area contributed by atoms with Crippen LogP contribution in [0.5, 0.6) is 11.5 Å². The normalized spacial score (nSPS) is 18.1. The number of para-hydroxylation sites is 1. The van der Waals surface area contributed by atoms with Crippen molar-refractivity contribution in [2.45, 2.75) is 18.6 Å². The highest BCUT2D eigenvalue weighted by atomic mass is 16.5. The van der Waals surface area contributed by atoms with Gasteiger partial charge in [0.15, 0.2) is 0 Å². The zero-order chi connectivity index (χ0) is 25.9. The van der Waals surface area contributed by atoms with Crippen molar-refractivity contribution in [3.8, 4) is 11.5 Å². The minimum atomic E-state index is -0.637. The molecular weight excluding hydrogens is 478 g/mol. The topological polar surface area (TPSA) is 75.1 Å². The van der Waals surface area contributed by atoms with Gasteiger partial charge in [0, 0.05) is 49.9 Å². The smallest absolute Gasteiger partial charge is 0.234 e. The Morgan fingerprint density at radius 2 is 1.74 bits per heavy atom. The first-order chi connectivity index (χ1) is 18.7. The molecule has 2 atom stereocenters. The highest BCUT2D eigenvalue weighted by Gasteiger charge is 2.34. The van der Waals surface area contributed by atoms with Crippen molar-refractivity contribution in [3.63, 3.8) is 0 Å². The molecule has 0 aliphatic carbocycles. The molecule has 1 amide bonds. The number of aliphatic hydroxyl groups excluding tert-OH is 1. The van der Waals surface area contributed by atoms with Crippen molar-refractivity contribution < 1.29 is 19.4 Å². The maximum atomic E-state index is 13.9. The Balaban J connectivity index is 1.08. The number of benzene rings is 3. The van der Waals surface area contributed by atoms with E-state index in [9.17, 15) is 9.90 Å². The van der Waals surface area contributed by atoms with Gasteiger partial charge in [0.25, 0.3) is 0 Å². The number of nitrogens with zero attached hydrogens (tertiary/aromatic N) is 3. The number of rotatable bonds is 6. The van der Waals surface area contributed by atoms with Gasteiger partial charge in [-0.2, -0.15) is 0 Å². The fraction of sp³-hybridized carbons (Fsp3) is 0.290. The van der Waals surface area contributed by atoms with Crippen LogP contribution in [-0.4, -0.2) is 71.2 Å². The molecule has 0 spiro atoms. The van der Waals surface area contributed by atoms with Crippen LogP contribution in [0, 0.1) is 0 Å². The third-order valence-corrected chi connectivity index (χ3v) is 7.42. The lowest BCUT2D eigenvalue weighted by atomic mass is 9.87. The first kappa shape index (κ1) is 24.4. The average molecular weight is 510 g/mol. The van der Waals surface area contributed by atoms with Crippen molar-refractivity contribution >= 4 is 16.8 Å². The van der Waals surface area contributed by atoms with E-state index in [-0.39, 0.29) is 18.4 Å². The van der Waals surface area contributed by atoms with Gasteiger partial charge in [-0.1, -0.05) is 48.5 Å². The lowest BCUT2D eigenvalue weighted by Crippen LogP contribution is -2.52. The number of aromatic nitrogens is 1. The van der Waals surface area contributed by atoms with E-state index in [0.717, 1.165) is 39.1 Å². The van der Waals surface area contributed by atoms with E-state index in [0.29, 0.717) is 39.3 Å². The molecule has 1 saturated heterocycles. The molecule has 1 aromatic heterocycles. The molecule has 194 valence electrons. The molecule has 2 aliphatic rings. The molecule has 3 heterocycles. The average Bonchev–Trinajstić information content (AvgIpc) is 3.13. The standard InChI is InChI=1S/C31H31N3O4/c35-23(21-38-28-13-5-11-27-25(28)10-6-14-32-27)19-33-15-17-34(18-16-33)31(36)30-24-8-2-1-7-22(24)20-37-29-12-4-3-9-26(29)30/h1-14,23,30,35H,15-21H2. The first-order valence-electron chi connectivity index (χ1n) is 13.1. The number of amides is 1. The minimum absolute atomic E-state index is 0.100. The number of carbonyl (C=O) groups excluding carboxylic acids is 1. The summed E-state index contributed by atoms with van der Waals surface area (Å²) in [5, 5.41) is 11.6. The molecule has 0 bridgehead atoms. The molecule has 1 fully saturated rings. The summed E-state index contributed by atoms with van der Waals surface area (Å²) in [6, 6.07) is 25.5. The quantitative estimate of drug-likeness (QED) is 0.426. The van der Waals surface area contributed by atoms with Crippen LogP contribution in [0.4, 0.5) is 0 Å². The maximum Gasteiger partial charge on any atom is 0.234 e. The van der Waals surface area contributed by atoms with E-state index >= 15 is 0 Å². The summed E-state index contributed by atoms with van der Waals surface area (Å²) in [5.74, 6) is 1.21. The number of piperazine rings is 1. The third kappa shape index (κ3) is 4.95. The number of carbonyl (C=O) groups is 1. The molecule has 4 aromatic rings. The SMILES string of the molecule is O=C(C1c2ccccc2COc2ccccc21)N1CCN(CC(O)COc2cccc3ncccc23)CC1. The van der Waals surface area contributed by atoms with Gasteiger partial charge in [0.2, 0.25) is 5.91 Å². The van der Waals surface area contributed by atoms with Crippen LogP contribution < -0.4 is 9.47 Å². The van der Waals surface area contributed by atoms with Crippen molar-refractivity contribution in [2.75, 3.05) is 39.3 Å². The van der Waals surface area contributed by atoms with E-state index in [1.54, 1.807) is 6.20 Å². The van der Waals surface area contributed by atoms with E-state index < -0.39 is 6.10 Å². The summed E-state index contributed by atoms with van der Waals surface area (Å²) in [4.78, 5) is 22.4. The van der Waals surface area contributed by atoms with Crippen molar-refractivity contribution in [3.05, 3.63) is 102 Å². The number of β-amino-alcohol motifs (C(OH)–C–C–N with tert-alkyl or cyclic N) is 1. The van der Waals surface area contributed by atoms with Crippen LogP contribution in [0.3, 0.4) is 0 Å². The second kappa shape index (κ2) is 10.8. The number of fused-ring (bicyclic) bond motifs is 3. The molecule has 3 aromatic carbocycles. The van der Waals surface area contributed by atoms with Crippen LogP contribution >= 0.6 is 0 Å². The summed E-state index contributed by atoms with van der Waals surface area (Å²) >= 11 is 0. The first-order valence-corrected chi connectivity index (χ1v) is 13.1. The Kier molecular flexibility index (Phi) is 6.94. The molecule has 2 unspecified atom stereocenters. The summed E-state index contributed by atoms with van der Waals surface area (Å²) in [5.41, 5.74) is 3.85. The zero-order valence-electron chi connectivity index (χ0n) is 21.2. The van der Waals surface area contributed by atoms with Gasteiger partial charge in [-0.05, 0) is 41.5 Å². The predicted octanol–water partition coefficient (Wildman–Crippen LogP) is 3.84. The highest BCUT2D eigenvalue weighted by Crippen LogP contribution is 2.38. The van der Waals surface area contributed by atoms with Crippen molar-refractivity contribution in [1.29, 1.82) is 0 Å². The molecule has 1 N–H and O–H groups in total. The Morgan fingerprint density at radius 1 is 0.947 bits per heavy atom. The molecule has 0 radical (unpaired) electrons. The Hall–Kier alpha value is -3.94. The highest BCUT2D eigenvalue weighted by molar-refractivity contribution is 5.89. The van der Waals surface area contributed by atoms with E-state index in [1.165, 1.54) is 0 Å². The van der Waals surface area contributed by atoms with E-state index in [2.05, 4.69) is 9.88 Å². The molecule has 0 saturated carbocycles. The Bertz CT molecular complexity index is 1380. The van der Waals surface area contributed by atoms with Crippen LogP contribution in [0.15, 0.2) is 85.1 Å². The van der Waals surface area contributed by atoms with Gasteiger partial charge >= 0.3 is 0 Å². The van der Waals surface area contributed by atoms with Gasteiger partial charge in [-0.25, -0.2) is 0 Å². The van der Waals surface area contributed by atoms with E-state index in [1.807, 2.05) is 83.8 Å². The van der Waals surface area contributed by atoms with E-state index in [4.69, 9.17) is 9.47 Å². The van der Waals surface area contributed by atoms with Crippen molar-refractivity contribution in [2.24, 2.45) is 0 Å². The maximum absolute atomic E-state index is 13.9. The molecule has 7 heteroatoms. The van der Waals surface area contributed by atoms with Crippen LogP contribution in [0.2, 0.25) is 0 Å². The van der Waals surface area contributed by atoms with Crippen LogP contribution in [-0.2, 0) is 11.4 Å². The third-order valence-electron chi connectivity index (χ3n) is 7.42. The molecule has 2 aliphatic heterocycles. The summed E-state index contributed by atoms with van der Waals surface area (Å²) in [7, 11) is 0. The fourth-order valence-electron chi connectivity index (χ4n) is 5.46. The number of aliphatic hydroxyl groups is 1. The molecular formula is C31H31N3O4. The molecule has 6 rings (SSSR count). The lowest BCUT2D eigenvalue weighted by Gasteiger charge is -2.37. The monoisotopic (exact) mass is 509 g/mol. The minimum Gasteiger partial charge on any atom is -0.490 e. The Labute approximate surface area is 222 Å². The van der Waals surface area contributed by atoms with Crippen LogP contribution in [0.25, 0.3) is 10.9 Å². The van der Waals surface area contributed by atoms with Gasteiger partial charge in [-0.15, -0.1) is 0 Å². The second-order valence-electron chi connectivity index (χ2n) is 9.88. The number of hydrogen-bond donors (Lipinski definition) is 1. The van der Waals surface area contributed by atoms with Gasteiger partial charge in [-0.3, -0.25) is 14.7 Å². The Morgan fingerprint density at radius 3 is 2.61 bits per heavy atom. The number of hydrogen-bond acceptors (Lipinski definition) is 6. The van der Waals surface area contributed by atoms with Gasteiger partial charge in [0.05, 0.1) is 11.4 Å². The van der Waals surface area contributed by atoms with Gasteiger partial charge < -0.3 is 19.5 Å². The fourth-order valence-corrected chi connectivity index (χ4v) is 5.46. The summed E-state index contributed by atoms with van der Waals surface area (Å²) < 4.78 is 12.0. The zero-order valence-corrected chi connectivity index (χ0v) is 21.2.